The van der Waals surface area contributed by atoms with Gasteiger partial charge in [-0.2, -0.15) is 11.8 Å². The zero-order valence-electron chi connectivity index (χ0n) is 15.5. The molecule has 1 aromatic carbocycles. The molecule has 4 nitrogen and oxygen atoms in total. The van der Waals surface area contributed by atoms with Crippen molar-refractivity contribution in [2.75, 3.05) is 31.2 Å². The fraction of sp³-hybridized carbons (Fsp3) is 0.667. The van der Waals surface area contributed by atoms with Gasteiger partial charge in [0, 0.05) is 24.5 Å². The zero-order valence-corrected chi connectivity index (χ0v) is 16.3. The topological polar surface area (TPSA) is 41.6 Å². The molecule has 2 saturated heterocycles. The van der Waals surface area contributed by atoms with Crippen LogP contribution in [-0.2, 0) is 0 Å². The van der Waals surface area contributed by atoms with Gasteiger partial charge in [-0.15, -0.1) is 0 Å². The zero-order chi connectivity index (χ0) is 17.8. The number of piperidine rings is 1. The second-order valence-electron chi connectivity index (χ2n) is 7.90. The van der Waals surface area contributed by atoms with Crippen LogP contribution in [0.5, 0.6) is 5.75 Å². The lowest BCUT2D eigenvalue weighted by molar-refractivity contribution is 0.0881. The van der Waals surface area contributed by atoms with Crippen molar-refractivity contribution < 1.29 is 9.53 Å². The molecule has 3 fully saturated rings. The van der Waals surface area contributed by atoms with Gasteiger partial charge in [0.05, 0.1) is 12.2 Å². The van der Waals surface area contributed by atoms with E-state index in [9.17, 15) is 4.79 Å². The summed E-state index contributed by atoms with van der Waals surface area (Å²) >= 11 is 2.09. The molecule has 1 amide bonds. The largest absolute Gasteiger partial charge is 0.492 e. The number of thioether (sulfide) groups is 1. The van der Waals surface area contributed by atoms with Crippen LogP contribution >= 0.6 is 11.8 Å². The molecular weight excluding hydrogens is 344 g/mol. The van der Waals surface area contributed by atoms with Gasteiger partial charge in [-0.1, -0.05) is 12.1 Å². The number of carbonyl (C=O) groups excluding carboxylic acids is 1. The van der Waals surface area contributed by atoms with E-state index in [-0.39, 0.29) is 5.91 Å². The minimum atomic E-state index is 0.00748. The molecule has 0 radical (unpaired) electrons. The third-order valence-electron chi connectivity index (χ3n) is 5.78. The van der Waals surface area contributed by atoms with E-state index in [0.29, 0.717) is 24.1 Å². The summed E-state index contributed by atoms with van der Waals surface area (Å²) < 4.78 is 6.14. The smallest absolute Gasteiger partial charge is 0.255 e. The van der Waals surface area contributed by atoms with Gasteiger partial charge in [0.1, 0.15) is 5.75 Å². The summed E-state index contributed by atoms with van der Waals surface area (Å²) in [7, 11) is 0. The summed E-state index contributed by atoms with van der Waals surface area (Å²) in [4.78, 5) is 15.1. The maximum absolute atomic E-state index is 12.4. The second kappa shape index (κ2) is 8.66. The van der Waals surface area contributed by atoms with E-state index in [0.717, 1.165) is 31.2 Å². The highest BCUT2D eigenvalue weighted by Crippen LogP contribution is 2.28. The average Bonchev–Trinajstić information content (AvgIpc) is 3.51. The van der Waals surface area contributed by atoms with Crippen LogP contribution in [0.3, 0.4) is 0 Å². The predicted molar refractivity (Wildman–Crippen MR) is 107 cm³/mol. The van der Waals surface area contributed by atoms with Crippen LogP contribution < -0.4 is 10.1 Å². The lowest BCUT2D eigenvalue weighted by Crippen LogP contribution is -2.45. The maximum atomic E-state index is 12.4. The first-order chi connectivity index (χ1) is 12.8. The van der Waals surface area contributed by atoms with E-state index in [1.54, 1.807) is 0 Å². The van der Waals surface area contributed by atoms with Crippen LogP contribution in [0.1, 0.15) is 48.9 Å². The molecule has 1 aromatic rings. The van der Waals surface area contributed by atoms with Crippen molar-refractivity contribution in [3.8, 4) is 5.75 Å². The number of carbonyl (C=O) groups is 1. The first-order valence-corrected chi connectivity index (χ1v) is 11.3. The highest BCUT2D eigenvalue weighted by Gasteiger charge is 2.28. The molecule has 0 bridgehead atoms. The van der Waals surface area contributed by atoms with E-state index < -0.39 is 0 Å². The van der Waals surface area contributed by atoms with E-state index in [1.165, 1.54) is 43.7 Å². The quantitative estimate of drug-likeness (QED) is 0.827. The molecule has 0 spiro atoms. The van der Waals surface area contributed by atoms with Crippen molar-refractivity contribution in [1.29, 1.82) is 0 Å². The molecule has 1 atom stereocenters. The van der Waals surface area contributed by atoms with Gasteiger partial charge in [-0.3, -0.25) is 9.69 Å². The van der Waals surface area contributed by atoms with Gasteiger partial charge in [0.2, 0.25) is 0 Å². The monoisotopic (exact) mass is 374 g/mol. The Morgan fingerprint density at radius 1 is 1.15 bits per heavy atom. The van der Waals surface area contributed by atoms with Crippen LogP contribution in [0, 0.1) is 5.92 Å². The first-order valence-electron chi connectivity index (χ1n) is 10.1. The fourth-order valence-corrected chi connectivity index (χ4v) is 5.18. The lowest BCUT2D eigenvalue weighted by Gasteiger charge is -2.39. The van der Waals surface area contributed by atoms with Crippen molar-refractivity contribution in [3.63, 3.8) is 0 Å². The molecule has 26 heavy (non-hydrogen) atoms. The minimum absolute atomic E-state index is 0.00748. The summed E-state index contributed by atoms with van der Waals surface area (Å²) in [6.45, 7) is 3.10. The number of hydrogen-bond donors (Lipinski definition) is 1. The van der Waals surface area contributed by atoms with Crippen molar-refractivity contribution in [1.82, 2.24) is 10.2 Å². The Kier molecular flexibility index (Phi) is 6.05. The van der Waals surface area contributed by atoms with Gasteiger partial charge in [-0.05, 0) is 68.7 Å². The SMILES string of the molecule is O=C(NC1CC1)c1ccccc1OCC1CCCN(C2CCSCC2)C1. The molecule has 142 valence electrons. The molecule has 4 rings (SSSR count). The number of para-hydroxylation sites is 1. The Labute approximate surface area is 161 Å². The number of likely N-dealkylation sites (tertiary alicyclic amines) is 1. The van der Waals surface area contributed by atoms with E-state index >= 15 is 0 Å². The minimum Gasteiger partial charge on any atom is -0.492 e. The lowest BCUT2D eigenvalue weighted by atomic mass is 9.96. The van der Waals surface area contributed by atoms with Crippen molar-refractivity contribution in [2.45, 2.75) is 50.6 Å². The Balaban J connectivity index is 1.32. The van der Waals surface area contributed by atoms with Crippen LogP contribution in [0.4, 0.5) is 0 Å². The van der Waals surface area contributed by atoms with E-state index in [1.807, 2.05) is 24.3 Å². The van der Waals surface area contributed by atoms with Crippen molar-refractivity contribution >= 4 is 17.7 Å². The van der Waals surface area contributed by atoms with Crippen molar-refractivity contribution in [2.24, 2.45) is 5.92 Å². The molecule has 2 heterocycles. The van der Waals surface area contributed by atoms with Crippen LogP contribution in [0.15, 0.2) is 24.3 Å². The van der Waals surface area contributed by atoms with E-state index in [4.69, 9.17) is 4.74 Å². The Hall–Kier alpha value is -1.20. The average molecular weight is 375 g/mol. The first kappa shape index (κ1) is 18.2. The summed E-state index contributed by atoms with van der Waals surface area (Å²) in [6, 6.07) is 8.82. The molecule has 1 aliphatic carbocycles. The van der Waals surface area contributed by atoms with Gasteiger partial charge >= 0.3 is 0 Å². The number of benzene rings is 1. The van der Waals surface area contributed by atoms with E-state index in [2.05, 4.69) is 22.0 Å². The van der Waals surface area contributed by atoms with Crippen LogP contribution in [0.2, 0.25) is 0 Å². The van der Waals surface area contributed by atoms with Gasteiger partial charge in [0.25, 0.3) is 5.91 Å². The van der Waals surface area contributed by atoms with Gasteiger partial charge in [-0.25, -0.2) is 0 Å². The summed E-state index contributed by atoms with van der Waals surface area (Å²) in [5.41, 5.74) is 0.677. The van der Waals surface area contributed by atoms with Crippen molar-refractivity contribution in [3.05, 3.63) is 29.8 Å². The standard InChI is InChI=1S/C21H30N2O2S/c24-21(22-17-7-8-17)19-5-1-2-6-20(19)25-15-16-4-3-11-23(14-16)18-9-12-26-13-10-18/h1-2,5-6,16-18H,3-4,7-15H2,(H,22,24). The fourth-order valence-electron chi connectivity index (χ4n) is 4.09. The summed E-state index contributed by atoms with van der Waals surface area (Å²) in [5, 5.41) is 3.07. The molecule has 2 aliphatic heterocycles. The molecular formula is C21H30N2O2S. The third-order valence-corrected chi connectivity index (χ3v) is 6.83. The van der Waals surface area contributed by atoms with Gasteiger partial charge < -0.3 is 10.1 Å². The molecule has 5 heteroatoms. The number of hydrogen-bond acceptors (Lipinski definition) is 4. The van der Waals surface area contributed by atoms with Crippen LogP contribution in [-0.4, -0.2) is 54.1 Å². The molecule has 1 unspecified atom stereocenters. The number of nitrogens with one attached hydrogen (secondary N) is 1. The highest BCUT2D eigenvalue weighted by molar-refractivity contribution is 7.99. The number of rotatable bonds is 6. The van der Waals surface area contributed by atoms with Gasteiger partial charge in [0.15, 0.2) is 0 Å². The summed E-state index contributed by atoms with van der Waals surface area (Å²) in [5.74, 6) is 3.93. The predicted octanol–water partition coefficient (Wildman–Crippen LogP) is 3.57. The Bertz CT molecular complexity index is 614. The molecule has 1 N–H and O–H groups in total. The Morgan fingerprint density at radius 2 is 1.96 bits per heavy atom. The number of ether oxygens (including phenoxy) is 1. The number of amides is 1. The maximum Gasteiger partial charge on any atom is 0.255 e. The van der Waals surface area contributed by atoms with Crippen LogP contribution in [0.25, 0.3) is 0 Å². The number of nitrogens with zero attached hydrogens (tertiary/aromatic N) is 1. The molecule has 3 aliphatic rings. The second-order valence-corrected chi connectivity index (χ2v) is 9.13. The molecule has 1 saturated carbocycles. The normalized spacial score (nSPS) is 25.0. The Morgan fingerprint density at radius 3 is 2.77 bits per heavy atom. The summed E-state index contributed by atoms with van der Waals surface area (Å²) in [6.07, 6.45) is 7.37. The highest BCUT2D eigenvalue weighted by atomic mass is 32.2. The third kappa shape index (κ3) is 4.74. The molecule has 0 aromatic heterocycles.